The van der Waals surface area contributed by atoms with Crippen LogP contribution in [0.5, 0.6) is 11.5 Å². The average molecular weight is 516 g/mol. The van der Waals surface area contributed by atoms with E-state index in [1.807, 2.05) is 17.0 Å². The van der Waals surface area contributed by atoms with Gasteiger partial charge < -0.3 is 19.1 Å². The Balaban J connectivity index is 1.37. The molecule has 190 valence electrons. The second-order valence-electron chi connectivity index (χ2n) is 8.70. The Morgan fingerprint density at radius 3 is 2.43 bits per heavy atom. The summed E-state index contributed by atoms with van der Waals surface area (Å²) in [6.07, 6.45) is 2.77. The van der Waals surface area contributed by atoms with Gasteiger partial charge in [-0.15, -0.1) is 11.3 Å². The molecule has 0 fully saturated rings. The molecule has 0 radical (unpaired) electrons. The predicted molar refractivity (Wildman–Crippen MR) is 147 cm³/mol. The summed E-state index contributed by atoms with van der Waals surface area (Å²) in [6.45, 7) is 1.47. The Kier molecular flexibility index (Phi) is 7.39. The Bertz CT molecular complexity index is 1520. The van der Waals surface area contributed by atoms with E-state index in [1.165, 1.54) is 10.8 Å². The van der Waals surface area contributed by atoms with Crippen molar-refractivity contribution in [3.8, 4) is 22.8 Å². The number of thiazole rings is 1. The molecule has 0 aliphatic heterocycles. The van der Waals surface area contributed by atoms with Crippen molar-refractivity contribution >= 4 is 33.0 Å². The van der Waals surface area contributed by atoms with E-state index in [9.17, 15) is 4.79 Å². The van der Waals surface area contributed by atoms with Crippen LogP contribution in [-0.2, 0) is 11.2 Å². The van der Waals surface area contributed by atoms with Gasteiger partial charge in [0, 0.05) is 61.1 Å². The first kappa shape index (κ1) is 24.8. The van der Waals surface area contributed by atoms with Crippen LogP contribution < -0.4 is 9.47 Å². The predicted octanol–water partition coefficient (Wildman–Crippen LogP) is 5.56. The third-order valence-electron chi connectivity index (χ3n) is 6.42. The van der Waals surface area contributed by atoms with Gasteiger partial charge in [-0.1, -0.05) is 36.4 Å². The van der Waals surface area contributed by atoms with Crippen LogP contribution in [0, 0.1) is 0 Å². The lowest BCUT2D eigenvalue weighted by molar-refractivity contribution is 0.0696. The first-order valence-electron chi connectivity index (χ1n) is 12.1. The molecule has 0 bridgehead atoms. The summed E-state index contributed by atoms with van der Waals surface area (Å²) in [5.74, 6) is 1.06. The SMILES string of the molecule is COCCN(CCc1csc2nc(-c3ccc4ccccc4c3)cn12)C(=O)c1cc(OC)cc(OC)c1. The minimum atomic E-state index is -0.0943. The molecule has 0 aliphatic rings. The molecule has 7 nitrogen and oxygen atoms in total. The van der Waals surface area contributed by atoms with Crippen molar-refractivity contribution in [1.82, 2.24) is 14.3 Å². The molecule has 0 aliphatic carbocycles. The molecule has 0 atom stereocenters. The number of rotatable bonds is 10. The van der Waals surface area contributed by atoms with Crippen LogP contribution in [0.25, 0.3) is 27.0 Å². The van der Waals surface area contributed by atoms with Crippen LogP contribution in [0.1, 0.15) is 16.1 Å². The molecule has 0 unspecified atom stereocenters. The standard InChI is InChI=1S/C29H29N3O4S/c1-34-13-12-31(28(33)23-15-25(35-2)17-26(16-23)36-3)11-10-24-19-37-29-30-27(18-32(24)29)22-9-8-20-6-4-5-7-21(20)14-22/h4-9,14-19H,10-13H2,1-3H3. The summed E-state index contributed by atoms with van der Waals surface area (Å²) < 4.78 is 18.1. The zero-order valence-electron chi connectivity index (χ0n) is 21.1. The number of carbonyl (C=O) groups is 1. The molecule has 0 saturated carbocycles. The van der Waals surface area contributed by atoms with Gasteiger partial charge >= 0.3 is 0 Å². The fourth-order valence-electron chi connectivity index (χ4n) is 4.38. The quantitative estimate of drug-likeness (QED) is 0.244. The molecular formula is C29H29N3O4S. The maximum Gasteiger partial charge on any atom is 0.254 e. The van der Waals surface area contributed by atoms with E-state index in [4.69, 9.17) is 19.2 Å². The van der Waals surface area contributed by atoms with Crippen LogP contribution in [0.15, 0.2) is 72.2 Å². The van der Waals surface area contributed by atoms with Gasteiger partial charge in [0.2, 0.25) is 0 Å². The van der Waals surface area contributed by atoms with E-state index in [0.717, 1.165) is 21.9 Å². The minimum Gasteiger partial charge on any atom is -0.497 e. The first-order chi connectivity index (χ1) is 18.1. The van der Waals surface area contributed by atoms with Crippen molar-refractivity contribution in [3.05, 3.63) is 83.5 Å². The van der Waals surface area contributed by atoms with Crippen LogP contribution in [0.3, 0.4) is 0 Å². The second kappa shape index (κ2) is 11.0. The number of aromatic nitrogens is 2. The van der Waals surface area contributed by atoms with Gasteiger partial charge in [0.25, 0.3) is 5.91 Å². The van der Waals surface area contributed by atoms with Crippen molar-refractivity contribution in [3.63, 3.8) is 0 Å². The molecule has 2 aromatic heterocycles. The third-order valence-corrected chi connectivity index (χ3v) is 7.31. The van der Waals surface area contributed by atoms with Crippen molar-refractivity contribution in [1.29, 1.82) is 0 Å². The molecule has 1 amide bonds. The van der Waals surface area contributed by atoms with Crippen molar-refractivity contribution < 1.29 is 19.0 Å². The van der Waals surface area contributed by atoms with Crippen LogP contribution in [-0.4, -0.2) is 61.2 Å². The van der Waals surface area contributed by atoms with Gasteiger partial charge in [-0.3, -0.25) is 9.20 Å². The maximum absolute atomic E-state index is 13.4. The summed E-state index contributed by atoms with van der Waals surface area (Å²) in [5.41, 5.74) is 3.65. The number of ether oxygens (including phenoxy) is 3. The van der Waals surface area contributed by atoms with E-state index in [2.05, 4.69) is 46.3 Å². The summed E-state index contributed by atoms with van der Waals surface area (Å²) in [5, 5.41) is 4.51. The molecule has 8 heteroatoms. The topological polar surface area (TPSA) is 65.3 Å². The van der Waals surface area contributed by atoms with Crippen molar-refractivity contribution in [2.45, 2.75) is 6.42 Å². The van der Waals surface area contributed by atoms with E-state index in [1.54, 1.807) is 50.9 Å². The Hall–Kier alpha value is -3.88. The number of imidazole rings is 1. The number of fused-ring (bicyclic) bond motifs is 2. The lowest BCUT2D eigenvalue weighted by Crippen LogP contribution is -2.35. The number of hydrogen-bond acceptors (Lipinski definition) is 6. The van der Waals surface area contributed by atoms with Crippen LogP contribution in [0.2, 0.25) is 0 Å². The van der Waals surface area contributed by atoms with Gasteiger partial charge in [0.15, 0.2) is 4.96 Å². The Labute approximate surface area is 219 Å². The lowest BCUT2D eigenvalue weighted by Gasteiger charge is -2.23. The van der Waals surface area contributed by atoms with Crippen LogP contribution >= 0.6 is 11.3 Å². The Morgan fingerprint density at radius 2 is 1.70 bits per heavy atom. The maximum atomic E-state index is 13.4. The largest absolute Gasteiger partial charge is 0.497 e. The molecule has 3 aromatic carbocycles. The highest BCUT2D eigenvalue weighted by Crippen LogP contribution is 2.27. The zero-order valence-corrected chi connectivity index (χ0v) is 22.0. The number of methoxy groups -OCH3 is 3. The number of nitrogens with zero attached hydrogens (tertiary/aromatic N) is 3. The van der Waals surface area contributed by atoms with E-state index < -0.39 is 0 Å². The zero-order chi connectivity index (χ0) is 25.8. The summed E-state index contributed by atoms with van der Waals surface area (Å²) in [6, 6.07) is 20.0. The fraction of sp³-hybridized carbons (Fsp3) is 0.241. The lowest BCUT2D eigenvalue weighted by atomic mass is 10.1. The summed E-state index contributed by atoms with van der Waals surface area (Å²) in [4.78, 5) is 21.1. The monoisotopic (exact) mass is 515 g/mol. The number of hydrogen-bond donors (Lipinski definition) is 0. The average Bonchev–Trinajstić information content (AvgIpc) is 3.53. The number of benzene rings is 3. The number of carbonyl (C=O) groups excluding carboxylic acids is 1. The number of amides is 1. The third kappa shape index (κ3) is 5.30. The minimum absolute atomic E-state index is 0.0943. The van der Waals surface area contributed by atoms with Crippen molar-refractivity contribution in [2.24, 2.45) is 0 Å². The van der Waals surface area contributed by atoms with Gasteiger partial charge in [0.1, 0.15) is 11.5 Å². The molecular weight excluding hydrogens is 486 g/mol. The second-order valence-corrected chi connectivity index (χ2v) is 9.54. The Morgan fingerprint density at radius 1 is 0.946 bits per heavy atom. The molecule has 2 heterocycles. The van der Waals surface area contributed by atoms with E-state index in [-0.39, 0.29) is 5.91 Å². The smallest absolute Gasteiger partial charge is 0.254 e. The van der Waals surface area contributed by atoms with Gasteiger partial charge in [-0.25, -0.2) is 4.98 Å². The molecule has 0 spiro atoms. The molecule has 5 aromatic rings. The highest BCUT2D eigenvalue weighted by atomic mass is 32.1. The van der Waals surface area contributed by atoms with E-state index >= 15 is 0 Å². The highest BCUT2D eigenvalue weighted by Gasteiger charge is 2.19. The van der Waals surface area contributed by atoms with Gasteiger partial charge in [-0.2, -0.15) is 0 Å². The van der Waals surface area contributed by atoms with Crippen molar-refractivity contribution in [2.75, 3.05) is 41.0 Å². The van der Waals surface area contributed by atoms with E-state index in [0.29, 0.717) is 43.2 Å². The molecule has 0 saturated heterocycles. The highest BCUT2D eigenvalue weighted by molar-refractivity contribution is 7.15. The molecule has 5 rings (SSSR count). The van der Waals surface area contributed by atoms with Gasteiger partial charge in [0.05, 0.1) is 26.5 Å². The van der Waals surface area contributed by atoms with Crippen LogP contribution in [0.4, 0.5) is 0 Å². The fourth-order valence-corrected chi connectivity index (χ4v) is 5.28. The molecule has 0 N–H and O–H groups in total. The summed E-state index contributed by atoms with van der Waals surface area (Å²) in [7, 11) is 4.79. The molecule has 37 heavy (non-hydrogen) atoms. The van der Waals surface area contributed by atoms with Gasteiger partial charge in [-0.05, 0) is 29.0 Å². The normalized spacial score (nSPS) is 11.2. The summed E-state index contributed by atoms with van der Waals surface area (Å²) >= 11 is 1.61. The first-order valence-corrected chi connectivity index (χ1v) is 12.9.